The monoisotopic (exact) mass is 327 g/mol. The van der Waals surface area contributed by atoms with E-state index >= 15 is 0 Å². The normalized spacial score (nSPS) is 11.3. The first-order valence-electron chi connectivity index (χ1n) is 6.85. The lowest BCUT2D eigenvalue weighted by Crippen LogP contribution is -2.30. The largest absolute Gasteiger partial charge is 0.484 e. The minimum absolute atomic E-state index is 0.00424. The summed E-state index contributed by atoms with van der Waals surface area (Å²) >= 11 is 0. The lowest BCUT2D eigenvalue weighted by atomic mass is 10.2. The van der Waals surface area contributed by atoms with Crippen LogP contribution >= 0.6 is 0 Å². The standard InChI is InChI=1S/C16H16F3NO3/c1-11-6-7-14(23-11)9-20(2)15(21)10-22-13-5-3-4-12(8-13)16(17,18)19/h3-8H,9-10H2,1-2H3. The van der Waals surface area contributed by atoms with Crippen LogP contribution in [0, 0.1) is 6.92 Å². The molecule has 0 saturated heterocycles. The summed E-state index contributed by atoms with van der Waals surface area (Å²) in [6, 6.07) is 7.96. The van der Waals surface area contributed by atoms with Gasteiger partial charge in [-0.05, 0) is 37.3 Å². The minimum atomic E-state index is -4.45. The van der Waals surface area contributed by atoms with Gasteiger partial charge in [-0.3, -0.25) is 4.79 Å². The van der Waals surface area contributed by atoms with Crippen molar-refractivity contribution in [3.8, 4) is 5.75 Å². The topological polar surface area (TPSA) is 42.7 Å². The van der Waals surface area contributed by atoms with Crippen molar-refractivity contribution in [3.05, 3.63) is 53.5 Å². The van der Waals surface area contributed by atoms with Crippen LogP contribution in [0.1, 0.15) is 17.1 Å². The second-order valence-electron chi connectivity index (χ2n) is 5.08. The summed E-state index contributed by atoms with van der Waals surface area (Å²) in [5.74, 6) is 0.991. The average Bonchev–Trinajstić information content (AvgIpc) is 2.89. The molecule has 0 saturated carbocycles. The van der Waals surface area contributed by atoms with Gasteiger partial charge < -0.3 is 14.1 Å². The Bertz CT molecular complexity index is 679. The average molecular weight is 327 g/mol. The third-order valence-electron chi connectivity index (χ3n) is 3.14. The maximum atomic E-state index is 12.6. The molecule has 4 nitrogen and oxygen atoms in total. The Kier molecular flexibility index (Phi) is 4.98. The minimum Gasteiger partial charge on any atom is -0.484 e. The highest BCUT2D eigenvalue weighted by molar-refractivity contribution is 5.77. The quantitative estimate of drug-likeness (QED) is 0.842. The molecular weight excluding hydrogens is 311 g/mol. The Morgan fingerprint density at radius 1 is 1.26 bits per heavy atom. The Labute approximate surface area is 131 Å². The maximum absolute atomic E-state index is 12.6. The van der Waals surface area contributed by atoms with Gasteiger partial charge in [-0.15, -0.1) is 0 Å². The van der Waals surface area contributed by atoms with E-state index in [1.165, 1.54) is 17.0 Å². The Balaban J connectivity index is 1.91. The van der Waals surface area contributed by atoms with Gasteiger partial charge in [0, 0.05) is 7.05 Å². The summed E-state index contributed by atoms with van der Waals surface area (Å²) in [6.07, 6.45) is -4.45. The molecule has 1 heterocycles. The zero-order valence-electron chi connectivity index (χ0n) is 12.7. The number of nitrogens with zero attached hydrogens (tertiary/aromatic N) is 1. The fraction of sp³-hybridized carbons (Fsp3) is 0.312. The van der Waals surface area contributed by atoms with Crippen molar-refractivity contribution in [2.45, 2.75) is 19.6 Å². The number of hydrogen-bond donors (Lipinski definition) is 0. The molecule has 0 bridgehead atoms. The van der Waals surface area contributed by atoms with E-state index in [4.69, 9.17) is 9.15 Å². The van der Waals surface area contributed by atoms with E-state index in [9.17, 15) is 18.0 Å². The number of ether oxygens (including phenoxy) is 1. The summed E-state index contributed by atoms with van der Waals surface area (Å²) in [6.45, 7) is 1.71. The van der Waals surface area contributed by atoms with Gasteiger partial charge in [0.2, 0.25) is 0 Å². The van der Waals surface area contributed by atoms with Crippen LogP contribution in [0.25, 0.3) is 0 Å². The number of furan rings is 1. The molecule has 0 aliphatic carbocycles. The molecule has 23 heavy (non-hydrogen) atoms. The van der Waals surface area contributed by atoms with Crippen molar-refractivity contribution in [1.82, 2.24) is 4.90 Å². The van der Waals surface area contributed by atoms with Gasteiger partial charge in [-0.25, -0.2) is 0 Å². The van der Waals surface area contributed by atoms with Gasteiger partial charge in [0.05, 0.1) is 12.1 Å². The number of carbonyl (C=O) groups is 1. The first-order valence-corrected chi connectivity index (χ1v) is 6.85. The lowest BCUT2D eigenvalue weighted by molar-refractivity contribution is -0.137. The number of halogens is 3. The SMILES string of the molecule is Cc1ccc(CN(C)C(=O)COc2cccc(C(F)(F)F)c2)o1. The van der Waals surface area contributed by atoms with E-state index in [1.54, 1.807) is 26.1 Å². The Hall–Kier alpha value is -2.44. The van der Waals surface area contributed by atoms with Crippen LogP contribution in [-0.4, -0.2) is 24.5 Å². The first kappa shape index (κ1) is 16.9. The van der Waals surface area contributed by atoms with E-state index in [0.29, 0.717) is 5.76 Å². The predicted octanol–water partition coefficient (Wildman–Crippen LogP) is 3.64. The van der Waals surface area contributed by atoms with E-state index in [-0.39, 0.29) is 24.8 Å². The molecule has 0 N–H and O–H groups in total. The van der Waals surface area contributed by atoms with Crippen molar-refractivity contribution < 1.29 is 27.1 Å². The lowest BCUT2D eigenvalue weighted by Gasteiger charge is -2.16. The summed E-state index contributed by atoms with van der Waals surface area (Å²) in [5, 5.41) is 0. The molecule has 2 aromatic rings. The van der Waals surface area contributed by atoms with E-state index in [0.717, 1.165) is 17.9 Å². The molecule has 0 aliphatic rings. The maximum Gasteiger partial charge on any atom is 0.416 e. The second kappa shape index (κ2) is 6.76. The van der Waals surface area contributed by atoms with Gasteiger partial charge in [-0.2, -0.15) is 13.2 Å². The molecule has 0 radical (unpaired) electrons. The predicted molar refractivity (Wildman–Crippen MR) is 76.9 cm³/mol. The molecule has 1 aromatic carbocycles. The van der Waals surface area contributed by atoms with E-state index in [2.05, 4.69) is 0 Å². The molecule has 0 fully saturated rings. The van der Waals surface area contributed by atoms with Gasteiger partial charge in [0.25, 0.3) is 5.91 Å². The molecule has 0 unspecified atom stereocenters. The zero-order valence-corrected chi connectivity index (χ0v) is 12.7. The summed E-state index contributed by atoms with van der Waals surface area (Å²) < 4.78 is 48.3. The summed E-state index contributed by atoms with van der Waals surface area (Å²) in [4.78, 5) is 13.3. The molecule has 0 spiro atoms. The van der Waals surface area contributed by atoms with Gasteiger partial charge in [-0.1, -0.05) is 6.07 Å². The van der Waals surface area contributed by atoms with Crippen LogP contribution in [0.3, 0.4) is 0 Å². The van der Waals surface area contributed by atoms with Gasteiger partial charge >= 0.3 is 6.18 Å². The highest BCUT2D eigenvalue weighted by atomic mass is 19.4. The molecule has 1 aromatic heterocycles. The van der Waals surface area contributed by atoms with Crippen molar-refractivity contribution in [3.63, 3.8) is 0 Å². The molecule has 7 heteroatoms. The Morgan fingerprint density at radius 2 is 2.00 bits per heavy atom. The van der Waals surface area contributed by atoms with Crippen molar-refractivity contribution >= 4 is 5.91 Å². The van der Waals surface area contributed by atoms with Crippen molar-refractivity contribution in [2.24, 2.45) is 0 Å². The molecule has 0 atom stereocenters. The van der Waals surface area contributed by atoms with Gasteiger partial charge in [0.15, 0.2) is 6.61 Å². The first-order chi connectivity index (χ1) is 10.8. The molecule has 2 rings (SSSR count). The van der Waals surface area contributed by atoms with Crippen LogP contribution in [0.5, 0.6) is 5.75 Å². The van der Waals surface area contributed by atoms with Crippen LogP contribution in [0.15, 0.2) is 40.8 Å². The number of aryl methyl sites for hydroxylation is 1. The number of amides is 1. The molecule has 1 amide bonds. The second-order valence-corrected chi connectivity index (χ2v) is 5.08. The van der Waals surface area contributed by atoms with Crippen molar-refractivity contribution in [1.29, 1.82) is 0 Å². The van der Waals surface area contributed by atoms with Crippen LogP contribution in [-0.2, 0) is 17.5 Å². The van der Waals surface area contributed by atoms with E-state index in [1.807, 2.05) is 0 Å². The summed E-state index contributed by atoms with van der Waals surface area (Å²) in [5.41, 5.74) is -0.818. The third kappa shape index (κ3) is 4.77. The molecular formula is C16H16F3NO3. The number of carbonyl (C=O) groups excluding carboxylic acids is 1. The molecule has 0 aliphatic heterocycles. The van der Waals surface area contributed by atoms with Crippen molar-refractivity contribution in [2.75, 3.05) is 13.7 Å². The zero-order chi connectivity index (χ0) is 17.0. The highest BCUT2D eigenvalue weighted by Gasteiger charge is 2.30. The van der Waals surface area contributed by atoms with E-state index < -0.39 is 11.7 Å². The van der Waals surface area contributed by atoms with Crippen LogP contribution in [0.4, 0.5) is 13.2 Å². The fourth-order valence-corrected chi connectivity index (χ4v) is 1.91. The number of likely N-dealkylation sites (N-methyl/N-ethyl adjacent to an activating group) is 1. The summed E-state index contributed by atoms with van der Waals surface area (Å²) in [7, 11) is 1.57. The highest BCUT2D eigenvalue weighted by Crippen LogP contribution is 2.31. The Morgan fingerprint density at radius 3 is 2.61 bits per heavy atom. The number of benzene rings is 1. The number of hydrogen-bond acceptors (Lipinski definition) is 3. The van der Waals surface area contributed by atoms with Crippen LogP contribution in [0.2, 0.25) is 0 Å². The third-order valence-corrected chi connectivity index (χ3v) is 3.14. The molecule has 124 valence electrons. The van der Waals surface area contributed by atoms with Crippen LogP contribution < -0.4 is 4.74 Å². The fourth-order valence-electron chi connectivity index (χ4n) is 1.91. The smallest absolute Gasteiger partial charge is 0.416 e. The number of rotatable bonds is 5. The van der Waals surface area contributed by atoms with Gasteiger partial charge in [0.1, 0.15) is 17.3 Å². The number of alkyl halides is 3.